The first-order valence-electron chi connectivity index (χ1n) is 11.1. The van der Waals surface area contributed by atoms with E-state index in [4.69, 9.17) is 11.6 Å². The Hall–Kier alpha value is -2.09. The molecule has 2 aromatic rings. The van der Waals surface area contributed by atoms with Crippen LogP contribution in [0.5, 0.6) is 0 Å². The number of urea groups is 1. The Bertz CT molecular complexity index is 988. The summed E-state index contributed by atoms with van der Waals surface area (Å²) in [6.45, 7) is 6.79. The summed E-state index contributed by atoms with van der Waals surface area (Å²) in [6, 6.07) is 11.8. The van der Waals surface area contributed by atoms with Crippen LogP contribution in [-0.4, -0.2) is 67.6 Å². The van der Waals surface area contributed by atoms with Gasteiger partial charge in [-0.05, 0) is 68.7 Å². The van der Waals surface area contributed by atoms with Crippen molar-refractivity contribution in [3.05, 3.63) is 51.2 Å². The van der Waals surface area contributed by atoms with Gasteiger partial charge in [0.1, 0.15) is 0 Å². The summed E-state index contributed by atoms with van der Waals surface area (Å²) in [7, 11) is 4.19. The van der Waals surface area contributed by atoms with Crippen molar-refractivity contribution < 1.29 is 9.59 Å². The average molecular weight is 475 g/mol. The van der Waals surface area contributed by atoms with Gasteiger partial charge < -0.3 is 15.1 Å². The third-order valence-corrected chi connectivity index (χ3v) is 7.88. The molecule has 0 unspecified atom stereocenters. The lowest BCUT2D eigenvalue weighted by molar-refractivity contribution is 0.0935. The van der Waals surface area contributed by atoms with Gasteiger partial charge in [0.25, 0.3) is 5.91 Å². The van der Waals surface area contributed by atoms with Crippen molar-refractivity contribution in [1.29, 1.82) is 0 Å². The number of nitrogens with zero attached hydrogens (tertiary/aromatic N) is 3. The van der Waals surface area contributed by atoms with Gasteiger partial charge in [0.05, 0.1) is 27.8 Å². The van der Waals surface area contributed by atoms with Gasteiger partial charge in [0.15, 0.2) is 0 Å². The predicted molar refractivity (Wildman–Crippen MR) is 131 cm³/mol. The fourth-order valence-electron chi connectivity index (χ4n) is 4.54. The lowest BCUT2D eigenvalue weighted by atomic mass is 9.81. The minimum atomic E-state index is -0.121. The molecule has 0 bridgehead atoms. The van der Waals surface area contributed by atoms with Gasteiger partial charge in [-0.2, -0.15) is 0 Å². The largest absolute Gasteiger partial charge is 0.346 e. The van der Waals surface area contributed by atoms with Crippen LogP contribution in [-0.2, 0) is 5.41 Å². The molecular formula is C24H31ClN4O2S. The standard InChI is InChI=1S/C24H31ClN4O2S/c1-24(2,12-14-27(3)4)16-5-7-17(8-6-16)29-15-19-18(11-13-28(19)23(29)31)26-22(30)20-9-10-21(25)32-20/h5-10,18-19H,11-15H2,1-4H3,(H,26,30)/t18-,19-/m1/s1. The summed E-state index contributed by atoms with van der Waals surface area (Å²) < 4.78 is 0.596. The topological polar surface area (TPSA) is 55.9 Å². The number of hydrogen-bond donors (Lipinski definition) is 1. The Morgan fingerprint density at radius 2 is 1.94 bits per heavy atom. The van der Waals surface area contributed by atoms with Crippen molar-refractivity contribution in [3.63, 3.8) is 0 Å². The fraction of sp³-hybridized carbons (Fsp3) is 0.500. The molecule has 3 amide bonds. The zero-order chi connectivity index (χ0) is 23.0. The number of anilines is 1. The van der Waals surface area contributed by atoms with E-state index in [2.05, 4.69) is 50.3 Å². The summed E-state index contributed by atoms with van der Waals surface area (Å²) in [5.74, 6) is -0.121. The Morgan fingerprint density at radius 1 is 1.22 bits per heavy atom. The molecule has 2 atom stereocenters. The van der Waals surface area contributed by atoms with Gasteiger partial charge in [-0.15, -0.1) is 11.3 Å². The number of benzene rings is 1. The molecule has 32 heavy (non-hydrogen) atoms. The molecule has 1 N–H and O–H groups in total. The van der Waals surface area contributed by atoms with Crippen LogP contribution in [0.15, 0.2) is 36.4 Å². The number of amides is 3. The molecule has 3 heterocycles. The van der Waals surface area contributed by atoms with E-state index in [0.717, 1.165) is 25.1 Å². The van der Waals surface area contributed by atoms with Crippen LogP contribution in [0.4, 0.5) is 10.5 Å². The zero-order valence-electron chi connectivity index (χ0n) is 19.1. The summed E-state index contributed by atoms with van der Waals surface area (Å²) in [5, 5.41) is 3.11. The Labute approximate surface area is 199 Å². The van der Waals surface area contributed by atoms with Gasteiger partial charge >= 0.3 is 6.03 Å². The molecule has 4 rings (SSSR count). The molecule has 2 aliphatic heterocycles. The van der Waals surface area contributed by atoms with Crippen molar-refractivity contribution in [2.24, 2.45) is 0 Å². The smallest absolute Gasteiger partial charge is 0.324 e. The van der Waals surface area contributed by atoms with Gasteiger partial charge in [0.2, 0.25) is 0 Å². The second-order valence-corrected chi connectivity index (χ2v) is 11.3. The summed E-state index contributed by atoms with van der Waals surface area (Å²) in [4.78, 5) is 32.2. The summed E-state index contributed by atoms with van der Waals surface area (Å²) in [6.07, 6.45) is 1.84. The van der Waals surface area contributed by atoms with E-state index in [-0.39, 0.29) is 29.4 Å². The average Bonchev–Trinajstić information content (AvgIpc) is 3.44. The molecule has 2 fully saturated rings. The number of rotatable bonds is 7. The second-order valence-electron chi connectivity index (χ2n) is 9.61. The van der Waals surface area contributed by atoms with Crippen molar-refractivity contribution >= 4 is 40.6 Å². The van der Waals surface area contributed by atoms with Crippen molar-refractivity contribution in [2.45, 2.75) is 44.2 Å². The molecule has 6 nitrogen and oxygen atoms in total. The highest BCUT2D eigenvalue weighted by Gasteiger charge is 2.46. The molecule has 1 aromatic heterocycles. The normalized spacial score (nSPS) is 20.9. The highest BCUT2D eigenvalue weighted by Crippen LogP contribution is 2.33. The second kappa shape index (κ2) is 9.04. The molecule has 172 valence electrons. The quantitative estimate of drug-likeness (QED) is 0.645. The summed E-state index contributed by atoms with van der Waals surface area (Å²) >= 11 is 7.23. The zero-order valence-corrected chi connectivity index (χ0v) is 20.7. The van der Waals surface area contributed by atoms with Crippen molar-refractivity contribution in [2.75, 3.05) is 38.6 Å². The van der Waals surface area contributed by atoms with Crippen LogP contribution < -0.4 is 10.2 Å². The number of carbonyl (C=O) groups excluding carboxylic acids is 2. The van der Waals surface area contributed by atoms with Crippen LogP contribution >= 0.6 is 22.9 Å². The lowest BCUT2D eigenvalue weighted by Gasteiger charge is -2.28. The number of hydrogen-bond acceptors (Lipinski definition) is 4. The third-order valence-electron chi connectivity index (χ3n) is 6.65. The van der Waals surface area contributed by atoms with Gasteiger partial charge in [-0.1, -0.05) is 37.6 Å². The van der Waals surface area contributed by atoms with Gasteiger partial charge in [-0.3, -0.25) is 9.69 Å². The van der Waals surface area contributed by atoms with Gasteiger partial charge in [-0.25, -0.2) is 4.79 Å². The molecule has 2 aliphatic rings. The van der Waals surface area contributed by atoms with Crippen molar-refractivity contribution in [3.8, 4) is 0 Å². The maximum absolute atomic E-state index is 13.1. The minimum absolute atomic E-state index is 0.0157. The molecule has 0 spiro atoms. The SMILES string of the molecule is CN(C)CCC(C)(C)c1ccc(N2C[C@@H]3[C@H](NC(=O)c4ccc(Cl)s4)CCN3C2=O)cc1. The van der Waals surface area contributed by atoms with Crippen molar-refractivity contribution in [1.82, 2.24) is 15.1 Å². The first kappa shape index (κ1) is 23.1. The predicted octanol–water partition coefficient (Wildman–Crippen LogP) is 4.44. The number of thiophene rings is 1. The molecule has 0 saturated carbocycles. The first-order chi connectivity index (χ1) is 15.2. The molecular weight excluding hydrogens is 444 g/mol. The van der Waals surface area contributed by atoms with E-state index < -0.39 is 0 Å². The number of nitrogens with one attached hydrogen (secondary N) is 1. The maximum Gasteiger partial charge on any atom is 0.324 e. The Kier molecular flexibility index (Phi) is 6.52. The summed E-state index contributed by atoms with van der Waals surface area (Å²) in [5.41, 5.74) is 2.25. The number of carbonyl (C=O) groups is 2. The van der Waals surface area contributed by atoms with Crippen LogP contribution in [0.3, 0.4) is 0 Å². The number of fused-ring (bicyclic) bond motifs is 1. The highest BCUT2D eigenvalue weighted by molar-refractivity contribution is 7.18. The highest BCUT2D eigenvalue weighted by atomic mass is 35.5. The molecule has 0 radical (unpaired) electrons. The first-order valence-corrected chi connectivity index (χ1v) is 12.2. The van der Waals surface area contributed by atoms with E-state index in [9.17, 15) is 9.59 Å². The molecule has 2 saturated heterocycles. The van der Waals surface area contributed by atoms with Crippen LogP contribution in [0.2, 0.25) is 4.34 Å². The fourth-order valence-corrected chi connectivity index (χ4v) is 5.48. The molecule has 0 aliphatic carbocycles. The monoisotopic (exact) mass is 474 g/mol. The number of halogens is 1. The third kappa shape index (κ3) is 4.65. The van der Waals surface area contributed by atoms with E-state index in [1.807, 2.05) is 21.9 Å². The maximum atomic E-state index is 13.1. The lowest BCUT2D eigenvalue weighted by Crippen LogP contribution is -2.44. The van der Waals surface area contributed by atoms with Crippen LogP contribution in [0.1, 0.15) is 41.9 Å². The van der Waals surface area contributed by atoms with Crippen LogP contribution in [0, 0.1) is 0 Å². The van der Waals surface area contributed by atoms with E-state index in [1.54, 1.807) is 12.1 Å². The van der Waals surface area contributed by atoms with E-state index >= 15 is 0 Å². The van der Waals surface area contributed by atoms with E-state index in [0.29, 0.717) is 22.3 Å². The van der Waals surface area contributed by atoms with E-state index in [1.165, 1.54) is 16.9 Å². The molecule has 1 aromatic carbocycles. The minimum Gasteiger partial charge on any atom is -0.346 e. The Balaban J connectivity index is 1.43. The molecule has 8 heteroatoms. The Morgan fingerprint density at radius 3 is 2.56 bits per heavy atom. The van der Waals surface area contributed by atoms with Gasteiger partial charge in [0, 0.05) is 12.2 Å². The van der Waals surface area contributed by atoms with Crippen LogP contribution in [0.25, 0.3) is 0 Å².